The maximum absolute atomic E-state index is 5.60. The second-order valence-electron chi connectivity index (χ2n) is 4.68. The number of aryl methyl sites for hydroxylation is 1. The zero-order chi connectivity index (χ0) is 12.9. The van der Waals surface area contributed by atoms with Crippen molar-refractivity contribution in [3.8, 4) is 0 Å². The molecule has 2 aromatic rings. The lowest BCUT2D eigenvalue weighted by molar-refractivity contribution is 0.233. The Bertz CT molecular complexity index is 581. The number of rotatable bonds is 4. The highest BCUT2D eigenvalue weighted by molar-refractivity contribution is 5.70. The predicted octanol–water partition coefficient (Wildman–Crippen LogP) is 4.31. The van der Waals surface area contributed by atoms with Gasteiger partial charge in [-0.1, -0.05) is 48.5 Å². The van der Waals surface area contributed by atoms with Crippen molar-refractivity contribution in [2.24, 2.45) is 0 Å². The van der Waals surface area contributed by atoms with E-state index in [9.17, 15) is 0 Å². The smallest absolute Gasteiger partial charge is 0.0999 e. The Morgan fingerprint density at radius 1 is 1.00 bits per heavy atom. The minimum atomic E-state index is 0. The third-order valence-corrected chi connectivity index (χ3v) is 3.36. The van der Waals surface area contributed by atoms with Gasteiger partial charge in [-0.15, -0.1) is 0 Å². The fourth-order valence-corrected chi connectivity index (χ4v) is 2.40. The monoisotopic (exact) mass is 253 g/mol. The molecule has 19 heavy (non-hydrogen) atoms. The number of anilines is 1. The van der Waals surface area contributed by atoms with Gasteiger partial charge in [0.1, 0.15) is 0 Å². The first kappa shape index (κ1) is 12.0. The van der Waals surface area contributed by atoms with Crippen molar-refractivity contribution in [3.05, 3.63) is 71.8 Å². The first-order chi connectivity index (χ1) is 9.43. The van der Waals surface area contributed by atoms with Crippen LogP contribution < -0.4 is 5.48 Å². The van der Waals surface area contributed by atoms with Gasteiger partial charge < -0.3 is 0 Å². The first-order valence-electron chi connectivity index (χ1n) is 6.63. The molecule has 0 heterocycles. The summed E-state index contributed by atoms with van der Waals surface area (Å²) in [5.41, 5.74) is 7.97. The Kier molecular flexibility index (Phi) is 3.61. The Balaban J connectivity index is 0.00000147. The van der Waals surface area contributed by atoms with E-state index < -0.39 is 0 Å². The van der Waals surface area contributed by atoms with Gasteiger partial charge in [-0.05, 0) is 41.7 Å². The Hall–Kier alpha value is -2.06. The highest BCUT2D eigenvalue weighted by atomic mass is 16.6. The number of para-hydroxylation sites is 1. The molecule has 1 N–H and O–H groups in total. The van der Waals surface area contributed by atoms with Crippen molar-refractivity contribution < 1.29 is 6.26 Å². The van der Waals surface area contributed by atoms with Crippen LogP contribution in [0, 0.1) is 0 Å². The van der Waals surface area contributed by atoms with Crippen LogP contribution in [0.2, 0.25) is 0 Å². The lowest BCUT2D eigenvalue weighted by atomic mass is 9.91. The van der Waals surface area contributed by atoms with Crippen molar-refractivity contribution in [2.75, 3.05) is 12.1 Å². The van der Waals surface area contributed by atoms with Gasteiger partial charge in [-0.25, -0.2) is 0 Å². The fraction of sp³-hybridized carbons (Fsp3) is 0.176. The van der Waals surface area contributed by atoms with Crippen LogP contribution in [0.3, 0.4) is 0 Å². The number of hydrogen-bond acceptors (Lipinski definition) is 2. The molecule has 2 aromatic carbocycles. The summed E-state index contributed by atoms with van der Waals surface area (Å²) in [4.78, 5) is 5.60. The lowest BCUT2D eigenvalue weighted by Crippen LogP contribution is -2.08. The van der Waals surface area contributed by atoms with Crippen LogP contribution in [0.5, 0.6) is 0 Å². The van der Waals surface area contributed by atoms with Gasteiger partial charge in [-0.2, -0.15) is 0 Å². The molecule has 0 radical (unpaired) electrons. The van der Waals surface area contributed by atoms with Gasteiger partial charge in [0, 0.05) is 1.43 Å². The van der Waals surface area contributed by atoms with Crippen molar-refractivity contribution >= 4 is 11.3 Å². The topological polar surface area (TPSA) is 21.3 Å². The standard InChI is InChI=1S/C17H17NO.H2/c1-2-10-16(11-3-1)18-19-13-15-9-6-8-14-7-4-5-12-17(14)15;/h1-5,7,9-12,18H,6,8,13H2;1H. The lowest BCUT2D eigenvalue weighted by Gasteiger charge is -2.17. The average Bonchev–Trinajstić information content (AvgIpc) is 2.49. The van der Waals surface area contributed by atoms with Crippen LogP contribution >= 0.6 is 0 Å². The molecule has 1 aliphatic rings. The molecule has 0 atom stereocenters. The molecule has 0 amide bonds. The van der Waals surface area contributed by atoms with E-state index in [-0.39, 0.29) is 1.43 Å². The maximum Gasteiger partial charge on any atom is 0.0999 e. The van der Waals surface area contributed by atoms with E-state index >= 15 is 0 Å². The van der Waals surface area contributed by atoms with E-state index in [4.69, 9.17) is 4.84 Å². The number of hydrogen-bond donors (Lipinski definition) is 1. The minimum Gasteiger partial charge on any atom is -0.271 e. The average molecular weight is 253 g/mol. The number of allylic oxidation sites excluding steroid dienone is 1. The maximum atomic E-state index is 5.60. The second-order valence-corrected chi connectivity index (χ2v) is 4.68. The van der Waals surface area contributed by atoms with Gasteiger partial charge in [-0.3, -0.25) is 10.3 Å². The molecule has 0 fully saturated rings. The van der Waals surface area contributed by atoms with Crippen LogP contribution in [0.4, 0.5) is 5.69 Å². The van der Waals surface area contributed by atoms with E-state index in [2.05, 4.69) is 35.8 Å². The Morgan fingerprint density at radius 2 is 1.79 bits per heavy atom. The van der Waals surface area contributed by atoms with Gasteiger partial charge in [0.25, 0.3) is 0 Å². The van der Waals surface area contributed by atoms with Crippen LogP contribution in [-0.2, 0) is 11.3 Å². The van der Waals surface area contributed by atoms with E-state index in [1.807, 2.05) is 30.3 Å². The van der Waals surface area contributed by atoms with Gasteiger partial charge in [0.2, 0.25) is 0 Å². The SMILES string of the molecule is C1=C(CONc2ccccc2)c2ccccc2CC1.[HH]. The number of fused-ring (bicyclic) bond motifs is 1. The van der Waals surface area contributed by atoms with Crippen molar-refractivity contribution in [3.63, 3.8) is 0 Å². The summed E-state index contributed by atoms with van der Waals surface area (Å²) < 4.78 is 0. The number of nitrogens with one attached hydrogen (secondary N) is 1. The van der Waals surface area contributed by atoms with Crippen LogP contribution in [-0.4, -0.2) is 6.61 Å². The molecule has 2 nitrogen and oxygen atoms in total. The van der Waals surface area contributed by atoms with Gasteiger partial charge in [0.05, 0.1) is 12.3 Å². The third kappa shape index (κ3) is 2.85. The zero-order valence-electron chi connectivity index (χ0n) is 10.8. The van der Waals surface area contributed by atoms with Crippen LogP contribution in [0.1, 0.15) is 19.0 Å². The summed E-state index contributed by atoms with van der Waals surface area (Å²) in [7, 11) is 0. The highest BCUT2D eigenvalue weighted by Crippen LogP contribution is 2.26. The predicted molar refractivity (Wildman–Crippen MR) is 80.9 cm³/mol. The highest BCUT2D eigenvalue weighted by Gasteiger charge is 2.11. The Morgan fingerprint density at radius 3 is 2.68 bits per heavy atom. The van der Waals surface area contributed by atoms with Crippen molar-refractivity contribution in [1.29, 1.82) is 0 Å². The molecule has 0 aliphatic heterocycles. The van der Waals surface area contributed by atoms with Crippen LogP contribution in [0.25, 0.3) is 5.57 Å². The molecule has 98 valence electrons. The molecule has 3 rings (SSSR count). The summed E-state index contributed by atoms with van der Waals surface area (Å²) >= 11 is 0. The quantitative estimate of drug-likeness (QED) is 0.820. The molecule has 0 saturated heterocycles. The summed E-state index contributed by atoms with van der Waals surface area (Å²) in [5.74, 6) is 0. The molecule has 0 aromatic heterocycles. The summed E-state index contributed by atoms with van der Waals surface area (Å²) in [5, 5.41) is 0. The van der Waals surface area contributed by atoms with Crippen molar-refractivity contribution in [1.82, 2.24) is 0 Å². The van der Waals surface area contributed by atoms with E-state index in [0.29, 0.717) is 6.61 Å². The molecular formula is C17H19NO. The molecule has 1 aliphatic carbocycles. The van der Waals surface area contributed by atoms with Gasteiger partial charge >= 0.3 is 0 Å². The fourth-order valence-electron chi connectivity index (χ4n) is 2.40. The first-order valence-corrected chi connectivity index (χ1v) is 6.63. The molecule has 2 heteroatoms. The number of benzene rings is 2. The molecule has 0 unspecified atom stereocenters. The molecule has 0 saturated carbocycles. The third-order valence-electron chi connectivity index (χ3n) is 3.36. The van der Waals surface area contributed by atoms with E-state index in [1.165, 1.54) is 16.7 Å². The van der Waals surface area contributed by atoms with Crippen LogP contribution in [0.15, 0.2) is 60.7 Å². The second kappa shape index (κ2) is 5.72. The summed E-state index contributed by atoms with van der Waals surface area (Å²) in [6.07, 6.45) is 4.50. The van der Waals surface area contributed by atoms with E-state index in [1.54, 1.807) is 0 Å². The van der Waals surface area contributed by atoms with E-state index in [0.717, 1.165) is 18.5 Å². The minimum absolute atomic E-state index is 0. The van der Waals surface area contributed by atoms with Crippen molar-refractivity contribution in [2.45, 2.75) is 12.8 Å². The molecule has 0 bridgehead atoms. The summed E-state index contributed by atoms with van der Waals surface area (Å²) in [6.45, 7) is 0.589. The normalized spacial score (nSPS) is 13.6. The van der Waals surface area contributed by atoms with Gasteiger partial charge in [0.15, 0.2) is 0 Å². The molecule has 0 spiro atoms. The summed E-state index contributed by atoms with van der Waals surface area (Å²) in [6, 6.07) is 18.5. The molecular weight excluding hydrogens is 234 g/mol. The largest absolute Gasteiger partial charge is 0.271 e. The zero-order valence-corrected chi connectivity index (χ0v) is 10.8. The Labute approximate surface area is 115 Å².